The number of aromatic nitrogens is 5. The van der Waals surface area contributed by atoms with Gasteiger partial charge in [0.25, 0.3) is 10.0 Å². The average Bonchev–Trinajstić information content (AvgIpc) is 3.76. The molecule has 1 atom stereocenters. The number of H-pyrrole nitrogens is 1. The number of sulfonamides is 1. The predicted molar refractivity (Wildman–Crippen MR) is 164 cm³/mol. The van der Waals surface area contributed by atoms with Crippen molar-refractivity contribution in [3.05, 3.63) is 115 Å². The molecule has 0 aliphatic heterocycles. The third-order valence-electron chi connectivity index (χ3n) is 7.17. The molecule has 47 heavy (non-hydrogen) atoms. The lowest BCUT2D eigenvalue weighted by molar-refractivity contribution is -0.199. The molecule has 236 valence electrons. The van der Waals surface area contributed by atoms with Crippen molar-refractivity contribution in [2.75, 3.05) is 4.47 Å². The lowest BCUT2D eigenvalue weighted by atomic mass is 10.0. The standard InChI is InChI=1S/C32H22F3N7O4S/c33-32(34,35)31(43)46-42(25-11-9-22(10-12-25)21-5-2-1-3-6-21)47(44,45)26-8-4-7-23(17-26)28(13-15-36)41-19-24(18-40-41)29-27-14-16-37-30(27)39-20-38-29/h1-12,14,16-20,28H,13H2,(H,37,38,39). The number of anilines is 1. The van der Waals surface area contributed by atoms with E-state index in [1.54, 1.807) is 48.8 Å². The van der Waals surface area contributed by atoms with Crippen LogP contribution in [-0.4, -0.2) is 45.3 Å². The highest BCUT2D eigenvalue weighted by atomic mass is 32.2. The fourth-order valence-corrected chi connectivity index (χ4v) is 6.23. The van der Waals surface area contributed by atoms with Crippen LogP contribution in [0, 0.1) is 11.3 Å². The van der Waals surface area contributed by atoms with Crippen molar-refractivity contribution < 1.29 is 31.2 Å². The molecule has 3 heterocycles. The third-order valence-corrected chi connectivity index (χ3v) is 8.75. The third kappa shape index (κ3) is 6.26. The first-order valence-electron chi connectivity index (χ1n) is 13.9. The van der Waals surface area contributed by atoms with Crippen LogP contribution in [0.4, 0.5) is 18.9 Å². The quantitative estimate of drug-likeness (QED) is 0.181. The van der Waals surface area contributed by atoms with Crippen LogP contribution in [0.5, 0.6) is 0 Å². The summed E-state index contributed by atoms with van der Waals surface area (Å²) in [5.41, 5.74) is 3.17. The number of carbonyl (C=O) groups is 1. The van der Waals surface area contributed by atoms with Crippen molar-refractivity contribution >= 4 is 32.7 Å². The zero-order valence-electron chi connectivity index (χ0n) is 24.0. The molecule has 0 radical (unpaired) electrons. The Morgan fingerprint density at radius 2 is 1.72 bits per heavy atom. The number of alkyl halides is 3. The number of carbonyl (C=O) groups excluding carboxylic acids is 1. The smallest absolute Gasteiger partial charge is 0.346 e. The molecule has 0 spiro atoms. The largest absolute Gasteiger partial charge is 0.493 e. The fraction of sp³-hybridized carbons (Fsp3) is 0.0938. The van der Waals surface area contributed by atoms with Crippen LogP contribution in [0.2, 0.25) is 0 Å². The van der Waals surface area contributed by atoms with Gasteiger partial charge in [-0.05, 0) is 47.0 Å². The van der Waals surface area contributed by atoms with Gasteiger partial charge in [-0.15, -0.1) is 0 Å². The number of halogens is 3. The van der Waals surface area contributed by atoms with Gasteiger partial charge in [-0.2, -0.15) is 31.9 Å². The number of nitrogens with zero attached hydrogens (tertiary/aromatic N) is 6. The summed E-state index contributed by atoms with van der Waals surface area (Å²) in [5.74, 6) is -2.72. The Morgan fingerprint density at radius 3 is 2.45 bits per heavy atom. The lowest BCUT2D eigenvalue weighted by Crippen LogP contribution is -2.38. The van der Waals surface area contributed by atoms with Gasteiger partial charge in [0, 0.05) is 23.3 Å². The second-order valence-corrected chi connectivity index (χ2v) is 11.9. The second kappa shape index (κ2) is 12.4. The average molecular weight is 658 g/mol. The first-order chi connectivity index (χ1) is 22.6. The Kier molecular flexibility index (Phi) is 8.18. The Balaban J connectivity index is 1.37. The highest BCUT2D eigenvalue weighted by Gasteiger charge is 2.45. The summed E-state index contributed by atoms with van der Waals surface area (Å²) in [7, 11) is -4.94. The molecule has 0 aliphatic rings. The van der Waals surface area contributed by atoms with E-state index in [0.29, 0.717) is 28.0 Å². The summed E-state index contributed by atoms with van der Waals surface area (Å²) in [6, 6.07) is 22.7. The van der Waals surface area contributed by atoms with E-state index in [2.05, 4.69) is 31.0 Å². The number of rotatable bonds is 9. The normalized spacial score (nSPS) is 12.4. The minimum atomic E-state index is -5.48. The van der Waals surface area contributed by atoms with Crippen molar-refractivity contribution in [2.45, 2.75) is 23.5 Å². The van der Waals surface area contributed by atoms with Crippen LogP contribution in [-0.2, 0) is 19.7 Å². The predicted octanol–water partition coefficient (Wildman–Crippen LogP) is 6.21. The van der Waals surface area contributed by atoms with E-state index in [4.69, 9.17) is 0 Å². The van der Waals surface area contributed by atoms with E-state index in [9.17, 15) is 31.6 Å². The monoisotopic (exact) mass is 657 g/mol. The molecule has 1 unspecified atom stereocenters. The number of fused-ring (bicyclic) bond motifs is 1. The summed E-state index contributed by atoms with van der Waals surface area (Å²) in [4.78, 5) is 27.4. The first-order valence-corrected chi connectivity index (χ1v) is 15.3. The first kappa shape index (κ1) is 31.0. The van der Waals surface area contributed by atoms with Gasteiger partial charge < -0.3 is 9.82 Å². The van der Waals surface area contributed by atoms with Gasteiger partial charge in [-0.25, -0.2) is 14.8 Å². The van der Waals surface area contributed by atoms with Crippen molar-refractivity contribution in [1.82, 2.24) is 24.7 Å². The topological polar surface area (TPSA) is 147 Å². The van der Waals surface area contributed by atoms with Crippen LogP contribution < -0.4 is 4.47 Å². The Labute approximate surface area is 265 Å². The zero-order valence-corrected chi connectivity index (χ0v) is 24.9. The van der Waals surface area contributed by atoms with Crippen molar-refractivity contribution in [3.63, 3.8) is 0 Å². The van der Waals surface area contributed by atoms with Crippen molar-refractivity contribution in [1.29, 1.82) is 5.26 Å². The molecule has 0 fully saturated rings. The molecule has 0 aliphatic carbocycles. The van der Waals surface area contributed by atoms with Crippen LogP contribution >= 0.6 is 0 Å². The van der Waals surface area contributed by atoms with E-state index >= 15 is 0 Å². The van der Waals surface area contributed by atoms with Crippen LogP contribution in [0.25, 0.3) is 33.4 Å². The second-order valence-electron chi connectivity index (χ2n) is 10.1. The van der Waals surface area contributed by atoms with Crippen molar-refractivity contribution in [2.24, 2.45) is 0 Å². The summed E-state index contributed by atoms with van der Waals surface area (Å²) in [6.07, 6.45) is 0.664. The Bertz CT molecular complexity index is 2210. The Morgan fingerprint density at radius 1 is 0.979 bits per heavy atom. The Hall–Kier alpha value is -6.01. The maximum Gasteiger partial charge on any atom is 0.493 e. The van der Waals surface area contributed by atoms with Gasteiger partial charge >= 0.3 is 12.1 Å². The van der Waals surface area contributed by atoms with Crippen molar-refractivity contribution in [3.8, 4) is 28.5 Å². The molecule has 3 aromatic carbocycles. The minimum absolute atomic E-state index is 0.0563. The number of nitriles is 1. The SMILES string of the molecule is N#CCC(c1cccc(S(=O)(=O)N(OC(=O)C(F)(F)F)c2ccc(-c3ccccc3)cc2)c1)n1cc(-c2ncnc3[nH]ccc23)cn1. The molecule has 3 aromatic heterocycles. The molecular weight excluding hydrogens is 635 g/mol. The van der Waals surface area contributed by atoms with Gasteiger partial charge in [-0.3, -0.25) is 4.68 Å². The van der Waals surface area contributed by atoms with Crippen LogP contribution in [0.1, 0.15) is 18.0 Å². The highest BCUT2D eigenvalue weighted by Crippen LogP contribution is 2.32. The zero-order chi connectivity index (χ0) is 33.2. The van der Waals surface area contributed by atoms with E-state index < -0.39 is 33.1 Å². The van der Waals surface area contributed by atoms with Gasteiger partial charge in [0.1, 0.15) is 12.0 Å². The maximum atomic E-state index is 13.9. The summed E-state index contributed by atoms with van der Waals surface area (Å²) >= 11 is 0. The molecule has 15 heteroatoms. The molecule has 0 bridgehead atoms. The molecule has 0 amide bonds. The van der Waals surface area contributed by atoms with E-state index in [1.807, 2.05) is 6.07 Å². The number of hydrogen-bond donors (Lipinski definition) is 1. The number of aromatic amines is 1. The molecular formula is C32H22F3N7O4S. The fourth-order valence-electron chi connectivity index (χ4n) is 4.94. The van der Waals surface area contributed by atoms with E-state index in [0.717, 1.165) is 17.0 Å². The van der Waals surface area contributed by atoms with E-state index in [1.165, 1.54) is 53.6 Å². The summed E-state index contributed by atoms with van der Waals surface area (Å²) < 4.78 is 69.0. The van der Waals surface area contributed by atoms with Gasteiger partial charge in [0.2, 0.25) is 0 Å². The number of benzene rings is 3. The minimum Gasteiger partial charge on any atom is -0.346 e. The number of nitrogens with one attached hydrogen (secondary N) is 1. The molecule has 11 nitrogen and oxygen atoms in total. The highest BCUT2D eigenvalue weighted by molar-refractivity contribution is 7.92. The van der Waals surface area contributed by atoms with Gasteiger partial charge in [0.05, 0.1) is 41.0 Å². The van der Waals surface area contributed by atoms with E-state index in [-0.39, 0.29) is 16.6 Å². The molecule has 6 aromatic rings. The summed E-state index contributed by atoms with van der Waals surface area (Å²) in [5, 5.41) is 14.8. The molecule has 0 saturated carbocycles. The summed E-state index contributed by atoms with van der Waals surface area (Å²) in [6.45, 7) is 0. The molecule has 0 saturated heterocycles. The number of hydrogen-bond acceptors (Lipinski definition) is 8. The van der Waals surface area contributed by atoms with Gasteiger partial charge in [-0.1, -0.05) is 59.1 Å². The van der Waals surface area contributed by atoms with Gasteiger partial charge in [0.15, 0.2) is 0 Å². The van der Waals surface area contributed by atoms with Crippen LogP contribution in [0.3, 0.4) is 0 Å². The maximum absolute atomic E-state index is 13.9. The van der Waals surface area contributed by atoms with Crippen LogP contribution in [0.15, 0.2) is 115 Å². The lowest BCUT2D eigenvalue weighted by Gasteiger charge is -2.24. The molecule has 6 rings (SSSR count). The molecule has 1 N–H and O–H groups in total.